The fourth-order valence-corrected chi connectivity index (χ4v) is 2.49. The van der Waals surface area contributed by atoms with Crippen LogP contribution in [0.3, 0.4) is 0 Å². The van der Waals surface area contributed by atoms with E-state index in [0.29, 0.717) is 23.5 Å². The van der Waals surface area contributed by atoms with Crippen LogP contribution in [0.25, 0.3) is 0 Å². The SMILES string of the molecule is O=C(COc1ccccc1C(=O)Nc1ccccc1)NCc1ccccc1. The molecule has 0 aliphatic carbocycles. The number of carbonyl (C=O) groups is 2. The van der Waals surface area contributed by atoms with E-state index in [1.54, 1.807) is 36.4 Å². The highest BCUT2D eigenvalue weighted by atomic mass is 16.5. The second-order valence-corrected chi connectivity index (χ2v) is 5.87. The number of benzene rings is 3. The maximum atomic E-state index is 12.5. The lowest BCUT2D eigenvalue weighted by molar-refractivity contribution is -0.123. The minimum absolute atomic E-state index is 0.164. The molecular weight excluding hydrogens is 340 g/mol. The molecule has 0 radical (unpaired) electrons. The molecule has 0 aliphatic rings. The average Bonchev–Trinajstić information content (AvgIpc) is 2.72. The molecule has 136 valence electrons. The molecule has 0 aliphatic heterocycles. The van der Waals surface area contributed by atoms with Crippen LogP contribution in [0.2, 0.25) is 0 Å². The fraction of sp³-hybridized carbons (Fsp3) is 0.0909. The van der Waals surface area contributed by atoms with Gasteiger partial charge in [0.05, 0.1) is 5.56 Å². The van der Waals surface area contributed by atoms with Gasteiger partial charge >= 0.3 is 0 Å². The molecule has 0 atom stereocenters. The summed E-state index contributed by atoms with van der Waals surface area (Å²) < 4.78 is 5.57. The molecule has 5 heteroatoms. The van der Waals surface area contributed by atoms with Crippen LogP contribution < -0.4 is 15.4 Å². The van der Waals surface area contributed by atoms with E-state index < -0.39 is 0 Å². The van der Waals surface area contributed by atoms with Gasteiger partial charge in [0.15, 0.2) is 6.61 Å². The smallest absolute Gasteiger partial charge is 0.259 e. The van der Waals surface area contributed by atoms with Gasteiger partial charge in [-0.2, -0.15) is 0 Å². The molecule has 0 saturated heterocycles. The lowest BCUT2D eigenvalue weighted by Gasteiger charge is -2.12. The molecule has 0 bridgehead atoms. The molecule has 3 aromatic rings. The van der Waals surface area contributed by atoms with Crippen LogP contribution in [-0.4, -0.2) is 18.4 Å². The topological polar surface area (TPSA) is 67.4 Å². The minimum Gasteiger partial charge on any atom is -0.483 e. The van der Waals surface area contributed by atoms with E-state index in [4.69, 9.17) is 4.74 Å². The minimum atomic E-state index is -0.290. The molecule has 2 N–H and O–H groups in total. The predicted octanol–water partition coefficient (Wildman–Crippen LogP) is 3.63. The van der Waals surface area contributed by atoms with Gasteiger partial charge in [-0.1, -0.05) is 60.7 Å². The summed E-state index contributed by atoms with van der Waals surface area (Å²) in [4.78, 5) is 24.5. The molecule has 2 amide bonds. The van der Waals surface area contributed by atoms with Crippen LogP contribution in [0.4, 0.5) is 5.69 Å². The molecule has 0 saturated carbocycles. The standard InChI is InChI=1S/C22H20N2O3/c25-21(23-15-17-9-3-1-4-10-17)16-27-20-14-8-7-13-19(20)22(26)24-18-11-5-2-6-12-18/h1-14H,15-16H2,(H,23,25)(H,24,26). The van der Waals surface area contributed by atoms with Crippen LogP contribution in [-0.2, 0) is 11.3 Å². The highest BCUT2D eigenvalue weighted by Crippen LogP contribution is 2.19. The van der Waals surface area contributed by atoms with Crippen molar-refractivity contribution in [2.45, 2.75) is 6.54 Å². The van der Waals surface area contributed by atoms with Crippen molar-refractivity contribution in [1.29, 1.82) is 0 Å². The number of carbonyl (C=O) groups excluding carboxylic acids is 2. The number of para-hydroxylation sites is 2. The van der Waals surface area contributed by atoms with Crippen molar-refractivity contribution in [3.63, 3.8) is 0 Å². The Balaban J connectivity index is 1.57. The maximum Gasteiger partial charge on any atom is 0.259 e. The van der Waals surface area contributed by atoms with Crippen molar-refractivity contribution in [2.75, 3.05) is 11.9 Å². The summed E-state index contributed by atoms with van der Waals surface area (Å²) in [5.74, 6) is -0.181. The number of nitrogens with one attached hydrogen (secondary N) is 2. The van der Waals surface area contributed by atoms with Gasteiger partial charge in [-0.25, -0.2) is 0 Å². The molecular formula is C22H20N2O3. The first-order valence-electron chi connectivity index (χ1n) is 8.61. The third kappa shape index (κ3) is 5.44. The van der Waals surface area contributed by atoms with Gasteiger partial charge in [-0.3, -0.25) is 9.59 Å². The lowest BCUT2D eigenvalue weighted by atomic mass is 10.2. The van der Waals surface area contributed by atoms with Gasteiger partial charge < -0.3 is 15.4 Å². The Kier molecular flexibility index (Phi) is 6.20. The van der Waals surface area contributed by atoms with E-state index in [9.17, 15) is 9.59 Å². The number of hydrogen-bond donors (Lipinski definition) is 2. The number of rotatable bonds is 7. The molecule has 5 nitrogen and oxygen atoms in total. The van der Waals surface area contributed by atoms with Gasteiger partial charge in [-0.05, 0) is 29.8 Å². The van der Waals surface area contributed by atoms with Crippen LogP contribution >= 0.6 is 0 Å². The number of anilines is 1. The predicted molar refractivity (Wildman–Crippen MR) is 105 cm³/mol. The van der Waals surface area contributed by atoms with Crippen molar-refractivity contribution in [1.82, 2.24) is 5.32 Å². The normalized spacial score (nSPS) is 10.1. The first kappa shape index (κ1) is 18.2. The van der Waals surface area contributed by atoms with Gasteiger partial charge in [0.2, 0.25) is 0 Å². The summed E-state index contributed by atoms with van der Waals surface area (Å²) in [6, 6.07) is 25.6. The van der Waals surface area contributed by atoms with Crippen molar-refractivity contribution < 1.29 is 14.3 Å². The summed E-state index contributed by atoms with van der Waals surface area (Å²) in [6.07, 6.45) is 0. The second kappa shape index (κ2) is 9.20. The highest BCUT2D eigenvalue weighted by molar-refractivity contribution is 6.06. The molecule has 0 unspecified atom stereocenters. The molecule has 0 aromatic heterocycles. The molecule has 0 fully saturated rings. The van der Waals surface area contributed by atoms with E-state index in [1.807, 2.05) is 48.5 Å². The molecule has 3 aromatic carbocycles. The zero-order chi connectivity index (χ0) is 18.9. The van der Waals surface area contributed by atoms with Crippen LogP contribution in [0.5, 0.6) is 5.75 Å². The summed E-state index contributed by atoms with van der Waals surface area (Å²) in [5.41, 5.74) is 2.07. The number of amides is 2. The number of ether oxygens (including phenoxy) is 1. The Morgan fingerprint density at radius 3 is 2.15 bits per heavy atom. The van der Waals surface area contributed by atoms with Gasteiger partial charge in [-0.15, -0.1) is 0 Å². The highest BCUT2D eigenvalue weighted by Gasteiger charge is 2.13. The largest absolute Gasteiger partial charge is 0.483 e. The monoisotopic (exact) mass is 360 g/mol. The maximum absolute atomic E-state index is 12.5. The van der Waals surface area contributed by atoms with Crippen molar-refractivity contribution in [3.05, 3.63) is 96.1 Å². The second-order valence-electron chi connectivity index (χ2n) is 5.87. The quantitative estimate of drug-likeness (QED) is 0.676. The Labute approximate surface area is 158 Å². The Morgan fingerprint density at radius 2 is 1.41 bits per heavy atom. The molecule has 0 heterocycles. The van der Waals surface area contributed by atoms with Crippen molar-refractivity contribution in [2.24, 2.45) is 0 Å². The van der Waals surface area contributed by atoms with Crippen LogP contribution in [0.15, 0.2) is 84.9 Å². The zero-order valence-electron chi connectivity index (χ0n) is 14.7. The Morgan fingerprint density at radius 1 is 0.778 bits per heavy atom. The Hall–Kier alpha value is -3.60. The summed E-state index contributed by atoms with van der Waals surface area (Å²) in [7, 11) is 0. The van der Waals surface area contributed by atoms with E-state index in [1.165, 1.54) is 0 Å². The molecule has 3 rings (SSSR count). The van der Waals surface area contributed by atoms with Crippen LogP contribution in [0, 0.1) is 0 Å². The fourth-order valence-electron chi connectivity index (χ4n) is 2.49. The summed E-state index contributed by atoms with van der Waals surface area (Å²) in [5, 5.41) is 5.61. The molecule has 27 heavy (non-hydrogen) atoms. The Bertz CT molecular complexity index is 896. The number of hydrogen-bond acceptors (Lipinski definition) is 3. The third-order valence-electron chi connectivity index (χ3n) is 3.85. The lowest BCUT2D eigenvalue weighted by Crippen LogP contribution is -2.28. The summed E-state index contributed by atoms with van der Waals surface area (Å²) in [6.45, 7) is 0.266. The van der Waals surface area contributed by atoms with E-state index in [0.717, 1.165) is 5.56 Å². The third-order valence-corrected chi connectivity index (χ3v) is 3.85. The van der Waals surface area contributed by atoms with E-state index >= 15 is 0 Å². The van der Waals surface area contributed by atoms with Gasteiger partial charge in [0.25, 0.3) is 11.8 Å². The van der Waals surface area contributed by atoms with E-state index in [-0.39, 0.29) is 18.4 Å². The average molecular weight is 360 g/mol. The van der Waals surface area contributed by atoms with Gasteiger partial charge in [0.1, 0.15) is 5.75 Å². The first-order chi connectivity index (χ1) is 13.2. The van der Waals surface area contributed by atoms with E-state index in [2.05, 4.69) is 10.6 Å². The van der Waals surface area contributed by atoms with Crippen molar-refractivity contribution >= 4 is 17.5 Å². The summed E-state index contributed by atoms with van der Waals surface area (Å²) >= 11 is 0. The first-order valence-corrected chi connectivity index (χ1v) is 8.61. The van der Waals surface area contributed by atoms with Gasteiger partial charge in [0, 0.05) is 12.2 Å². The van der Waals surface area contributed by atoms with Crippen molar-refractivity contribution in [3.8, 4) is 5.75 Å². The van der Waals surface area contributed by atoms with Crippen LogP contribution in [0.1, 0.15) is 15.9 Å². The molecule has 0 spiro atoms. The zero-order valence-corrected chi connectivity index (χ0v) is 14.7.